The normalized spacial score (nSPS) is 11.2. The number of alkyl halides is 3. The first kappa shape index (κ1) is 25.1. The van der Waals surface area contributed by atoms with Crippen LogP contribution in [0.5, 0.6) is 11.5 Å². The van der Waals surface area contributed by atoms with Gasteiger partial charge in [0, 0.05) is 16.9 Å². The number of methoxy groups -OCH3 is 2. The predicted octanol–water partition coefficient (Wildman–Crippen LogP) is 5.70. The van der Waals surface area contributed by atoms with Gasteiger partial charge in [0.2, 0.25) is 5.91 Å². The molecule has 0 radical (unpaired) electrons. The van der Waals surface area contributed by atoms with Crippen molar-refractivity contribution >= 4 is 23.4 Å². The van der Waals surface area contributed by atoms with Gasteiger partial charge in [-0.1, -0.05) is 17.8 Å². The summed E-state index contributed by atoms with van der Waals surface area (Å²) in [4.78, 5) is 12.5. The lowest BCUT2D eigenvalue weighted by Crippen LogP contribution is -2.15. The lowest BCUT2D eigenvalue weighted by Gasteiger charge is -2.12. The zero-order valence-corrected chi connectivity index (χ0v) is 20.1. The molecule has 0 saturated heterocycles. The van der Waals surface area contributed by atoms with Crippen molar-refractivity contribution in [1.29, 1.82) is 0 Å². The maximum Gasteiger partial charge on any atom is 0.416 e. The minimum atomic E-state index is -4.50. The van der Waals surface area contributed by atoms with Crippen molar-refractivity contribution in [2.75, 3.05) is 25.3 Å². The number of halogens is 3. The van der Waals surface area contributed by atoms with Crippen LogP contribution in [0.15, 0.2) is 78.0 Å². The molecule has 0 aliphatic heterocycles. The van der Waals surface area contributed by atoms with Crippen LogP contribution in [0.2, 0.25) is 0 Å². The topological polar surface area (TPSA) is 78.3 Å². The fourth-order valence-corrected chi connectivity index (χ4v) is 4.11. The number of thioether (sulfide) groups is 1. The number of aromatic nitrogens is 3. The fraction of sp³-hybridized carbons (Fsp3) is 0.160. The van der Waals surface area contributed by atoms with E-state index in [-0.39, 0.29) is 11.4 Å². The summed E-state index contributed by atoms with van der Waals surface area (Å²) in [6.07, 6.45) is -4.50. The summed E-state index contributed by atoms with van der Waals surface area (Å²) in [5, 5.41) is 11.5. The summed E-state index contributed by atoms with van der Waals surface area (Å²) >= 11 is 1.11. The van der Waals surface area contributed by atoms with Gasteiger partial charge < -0.3 is 14.8 Å². The van der Waals surface area contributed by atoms with Gasteiger partial charge in [-0.25, -0.2) is 0 Å². The van der Waals surface area contributed by atoms with Gasteiger partial charge in [0.05, 0.1) is 25.5 Å². The minimum Gasteiger partial charge on any atom is -0.497 e. The molecule has 1 N–H and O–H groups in total. The molecule has 1 aromatic heterocycles. The van der Waals surface area contributed by atoms with E-state index in [1.165, 1.54) is 12.1 Å². The van der Waals surface area contributed by atoms with Crippen molar-refractivity contribution < 1.29 is 27.4 Å². The monoisotopic (exact) mass is 514 g/mol. The Morgan fingerprint density at radius 2 is 1.58 bits per heavy atom. The molecule has 0 atom stereocenters. The second-order valence-corrected chi connectivity index (χ2v) is 8.43. The van der Waals surface area contributed by atoms with Crippen molar-refractivity contribution in [2.24, 2.45) is 0 Å². The molecule has 0 fully saturated rings. The van der Waals surface area contributed by atoms with Gasteiger partial charge in [-0.3, -0.25) is 9.36 Å². The maximum atomic E-state index is 13.0. The summed E-state index contributed by atoms with van der Waals surface area (Å²) in [5.41, 5.74) is 0.745. The Morgan fingerprint density at radius 3 is 2.19 bits per heavy atom. The number of nitrogens with zero attached hydrogens (tertiary/aromatic N) is 3. The van der Waals surface area contributed by atoms with Crippen LogP contribution in [0.1, 0.15) is 5.56 Å². The molecule has 0 aliphatic rings. The van der Waals surface area contributed by atoms with E-state index < -0.39 is 17.6 Å². The standard InChI is InChI=1S/C25H21F3N4O3S/c1-34-20-10-6-16(7-11-20)23-30-31-24(32(23)19-8-12-21(35-2)13-9-19)36-15-22(33)29-18-5-3-4-17(14-18)25(26,27)28/h3-14H,15H2,1-2H3,(H,29,33). The smallest absolute Gasteiger partial charge is 0.416 e. The lowest BCUT2D eigenvalue weighted by atomic mass is 10.2. The maximum absolute atomic E-state index is 13.0. The highest BCUT2D eigenvalue weighted by Gasteiger charge is 2.30. The van der Waals surface area contributed by atoms with Gasteiger partial charge in [0.25, 0.3) is 0 Å². The summed E-state index contributed by atoms with van der Waals surface area (Å²) < 4.78 is 51.1. The van der Waals surface area contributed by atoms with Gasteiger partial charge in [-0.15, -0.1) is 10.2 Å². The van der Waals surface area contributed by atoms with Crippen LogP contribution < -0.4 is 14.8 Å². The van der Waals surface area contributed by atoms with Crippen molar-refractivity contribution in [1.82, 2.24) is 14.8 Å². The van der Waals surface area contributed by atoms with Gasteiger partial charge in [-0.2, -0.15) is 13.2 Å². The van der Waals surface area contributed by atoms with Gasteiger partial charge in [-0.05, 0) is 66.7 Å². The van der Waals surface area contributed by atoms with Crippen LogP contribution >= 0.6 is 11.8 Å². The van der Waals surface area contributed by atoms with Crippen molar-refractivity contribution in [2.45, 2.75) is 11.3 Å². The number of ether oxygens (including phenoxy) is 2. The lowest BCUT2D eigenvalue weighted by molar-refractivity contribution is -0.137. The number of carbonyl (C=O) groups is 1. The zero-order valence-electron chi connectivity index (χ0n) is 19.2. The second-order valence-electron chi connectivity index (χ2n) is 7.48. The fourth-order valence-electron chi connectivity index (χ4n) is 3.35. The van der Waals surface area contributed by atoms with E-state index in [4.69, 9.17) is 9.47 Å². The third-order valence-electron chi connectivity index (χ3n) is 5.12. The number of nitrogens with one attached hydrogen (secondary N) is 1. The summed E-state index contributed by atoms with van der Waals surface area (Å²) in [6.45, 7) is 0. The van der Waals surface area contributed by atoms with Gasteiger partial charge >= 0.3 is 6.18 Å². The molecular weight excluding hydrogens is 493 g/mol. The summed E-state index contributed by atoms with van der Waals surface area (Å²) in [7, 11) is 3.15. The molecule has 0 spiro atoms. The summed E-state index contributed by atoms with van der Waals surface area (Å²) in [5.74, 6) is 1.34. The quantitative estimate of drug-likeness (QED) is 0.304. The van der Waals surface area contributed by atoms with E-state index in [0.29, 0.717) is 22.5 Å². The van der Waals surface area contributed by atoms with Gasteiger partial charge in [0.15, 0.2) is 11.0 Å². The Kier molecular flexibility index (Phi) is 7.49. The first-order chi connectivity index (χ1) is 17.3. The van der Waals surface area contributed by atoms with E-state index >= 15 is 0 Å². The Balaban J connectivity index is 1.58. The molecule has 0 bridgehead atoms. The minimum absolute atomic E-state index is 0.0611. The molecule has 1 amide bonds. The van der Waals surface area contributed by atoms with Crippen molar-refractivity contribution in [3.8, 4) is 28.6 Å². The molecule has 1 heterocycles. The average molecular weight is 515 g/mol. The Hall–Kier alpha value is -3.99. The van der Waals surface area contributed by atoms with Crippen LogP contribution in [0.4, 0.5) is 18.9 Å². The van der Waals surface area contributed by atoms with Crippen LogP contribution in [-0.4, -0.2) is 40.6 Å². The Morgan fingerprint density at radius 1 is 0.944 bits per heavy atom. The number of carbonyl (C=O) groups excluding carboxylic acids is 1. The molecule has 0 saturated carbocycles. The van der Waals surface area contributed by atoms with Crippen molar-refractivity contribution in [3.05, 3.63) is 78.4 Å². The van der Waals surface area contributed by atoms with Crippen LogP contribution in [-0.2, 0) is 11.0 Å². The molecule has 0 aliphatic carbocycles. The number of benzene rings is 3. The van der Waals surface area contributed by atoms with Crippen LogP contribution in [0, 0.1) is 0 Å². The highest BCUT2D eigenvalue weighted by molar-refractivity contribution is 7.99. The first-order valence-electron chi connectivity index (χ1n) is 10.6. The summed E-state index contributed by atoms with van der Waals surface area (Å²) in [6, 6.07) is 19.0. The van der Waals surface area contributed by atoms with E-state index in [1.807, 2.05) is 24.3 Å². The van der Waals surface area contributed by atoms with Crippen LogP contribution in [0.25, 0.3) is 17.1 Å². The van der Waals surface area contributed by atoms with E-state index in [1.54, 1.807) is 43.1 Å². The Bertz CT molecular complexity index is 1340. The number of hydrogen-bond acceptors (Lipinski definition) is 6. The number of amides is 1. The highest BCUT2D eigenvalue weighted by Crippen LogP contribution is 2.32. The molecule has 3 aromatic carbocycles. The van der Waals surface area contributed by atoms with E-state index in [0.717, 1.165) is 35.1 Å². The molecule has 4 rings (SSSR count). The average Bonchev–Trinajstić information content (AvgIpc) is 3.31. The highest BCUT2D eigenvalue weighted by atomic mass is 32.2. The molecule has 11 heteroatoms. The molecule has 0 unspecified atom stereocenters. The van der Waals surface area contributed by atoms with Crippen molar-refractivity contribution in [3.63, 3.8) is 0 Å². The molecule has 36 heavy (non-hydrogen) atoms. The van der Waals surface area contributed by atoms with Gasteiger partial charge in [0.1, 0.15) is 11.5 Å². The first-order valence-corrected chi connectivity index (χ1v) is 11.6. The number of hydrogen-bond donors (Lipinski definition) is 1. The largest absolute Gasteiger partial charge is 0.497 e. The third-order valence-corrected chi connectivity index (χ3v) is 6.05. The molecule has 7 nitrogen and oxygen atoms in total. The van der Waals surface area contributed by atoms with E-state index in [9.17, 15) is 18.0 Å². The molecular formula is C25H21F3N4O3S. The zero-order chi connectivity index (χ0) is 25.7. The Labute approximate surface area is 209 Å². The van der Waals surface area contributed by atoms with Crippen LogP contribution in [0.3, 0.4) is 0 Å². The third kappa shape index (κ3) is 5.80. The number of anilines is 1. The van der Waals surface area contributed by atoms with E-state index in [2.05, 4.69) is 15.5 Å². The number of rotatable bonds is 8. The second kappa shape index (κ2) is 10.7. The molecule has 186 valence electrons. The predicted molar refractivity (Wildman–Crippen MR) is 131 cm³/mol. The SMILES string of the molecule is COc1ccc(-c2nnc(SCC(=O)Nc3cccc(C(F)(F)F)c3)n2-c2ccc(OC)cc2)cc1. The molecule has 4 aromatic rings.